The summed E-state index contributed by atoms with van der Waals surface area (Å²) in [6, 6.07) is 9.50. The second kappa shape index (κ2) is 4.95. The zero-order valence-electron chi connectivity index (χ0n) is 12.3. The van der Waals surface area contributed by atoms with Crippen molar-refractivity contribution in [1.29, 1.82) is 0 Å². The molecule has 0 bridgehead atoms. The highest BCUT2D eigenvalue weighted by Gasteiger charge is 2.37. The van der Waals surface area contributed by atoms with E-state index >= 15 is 0 Å². The first-order valence-corrected chi connectivity index (χ1v) is 7.72. The first-order valence-electron chi connectivity index (χ1n) is 7.72. The SMILES string of the molecule is CN1CC[C@@H]2CCN(c3ccc4ccc(F)cc4n3)[C@@H]2C1. The van der Waals surface area contributed by atoms with Crippen LogP contribution in [0.4, 0.5) is 10.2 Å². The van der Waals surface area contributed by atoms with E-state index in [9.17, 15) is 4.39 Å². The first-order chi connectivity index (χ1) is 10.2. The number of anilines is 1. The number of likely N-dealkylation sites (N-methyl/N-ethyl adjacent to an activating group) is 1. The smallest absolute Gasteiger partial charge is 0.129 e. The summed E-state index contributed by atoms with van der Waals surface area (Å²) in [6.45, 7) is 3.37. The Labute approximate surface area is 124 Å². The molecule has 2 aliphatic rings. The summed E-state index contributed by atoms with van der Waals surface area (Å²) in [5.74, 6) is 1.56. The van der Waals surface area contributed by atoms with Gasteiger partial charge in [-0.2, -0.15) is 0 Å². The molecule has 4 heteroatoms. The van der Waals surface area contributed by atoms with Crippen molar-refractivity contribution in [3.8, 4) is 0 Å². The Morgan fingerprint density at radius 3 is 2.86 bits per heavy atom. The summed E-state index contributed by atoms with van der Waals surface area (Å²) in [6.07, 6.45) is 2.53. The molecule has 0 radical (unpaired) electrons. The van der Waals surface area contributed by atoms with Crippen LogP contribution >= 0.6 is 0 Å². The zero-order valence-corrected chi connectivity index (χ0v) is 12.3. The summed E-state index contributed by atoms with van der Waals surface area (Å²) < 4.78 is 13.4. The van der Waals surface area contributed by atoms with Crippen LogP contribution < -0.4 is 4.90 Å². The molecule has 0 amide bonds. The van der Waals surface area contributed by atoms with Gasteiger partial charge in [-0.05, 0) is 56.6 Å². The molecule has 2 saturated heterocycles. The topological polar surface area (TPSA) is 19.4 Å². The van der Waals surface area contributed by atoms with Crippen molar-refractivity contribution < 1.29 is 4.39 Å². The number of benzene rings is 1. The van der Waals surface area contributed by atoms with Gasteiger partial charge in [0.1, 0.15) is 11.6 Å². The molecule has 0 saturated carbocycles. The van der Waals surface area contributed by atoms with Crippen LogP contribution in [0.2, 0.25) is 0 Å². The third-order valence-corrected chi connectivity index (χ3v) is 5.00. The number of nitrogens with zero attached hydrogens (tertiary/aromatic N) is 3. The van der Waals surface area contributed by atoms with Gasteiger partial charge < -0.3 is 9.80 Å². The standard InChI is InChI=1S/C17H20FN3/c1-20-8-6-13-7-9-21(16(13)11-20)17-5-3-12-2-4-14(18)10-15(12)19-17/h2-5,10,13,16H,6-9,11H2,1H3/t13-,16-/m1/s1. The van der Waals surface area contributed by atoms with E-state index in [2.05, 4.69) is 29.0 Å². The molecule has 0 unspecified atom stereocenters. The molecule has 3 nitrogen and oxygen atoms in total. The molecule has 0 spiro atoms. The summed E-state index contributed by atoms with van der Waals surface area (Å²) >= 11 is 0. The van der Waals surface area contributed by atoms with Crippen molar-refractivity contribution in [1.82, 2.24) is 9.88 Å². The highest BCUT2D eigenvalue weighted by Crippen LogP contribution is 2.34. The Hall–Kier alpha value is -1.68. The molecule has 2 fully saturated rings. The number of pyridine rings is 1. The molecule has 0 N–H and O–H groups in total. The highest BCUT2D eigenvalue weighted by atomic mass is 19.1. The number of likely N-dealkylation sites (tertiary alicyclic amines) is 1. The second-order valence-electron chi connectivity index (χ2n) is 6.37. The molecule has 4 rings (SSSR count). The predicted octanol–water partition coefficient (Wildman–Crippen LogP) is 2.90. The number of aromatic nitrogens is 1. The monoisotopic (exact) mass is 285 g/mol. The minimum absolute atomic E-state index is 0.219. The van der Waals surface area contributed by atoms with Crippen molar-refractivity contribution in [2.24, 2.45) is 5.92 Å². The van der Waals surface area contributed by atoms with Gasteiger partial charge in [-0.1, -0.05) is 0 Å². The molecule has 1 aromatic carbocycles. The Morgan fingerprint density at radius 1 is 1.14 bits per heavy atom. The number of piperidine rings is 1. The van der Waals surface area contributed by atoms with Crippen molar-refractivity contribution in [2.75, 3.05) is 31.6 Å². The number of rotatable bonds is 1. The molecule has 3 heterocycles. The van der Waals surface area contributed by atoms with E-state index in [1.807, 2.05) is 0 Å². The first kappa shape index (κ1) is 13.0. The third kappa shape index (κ3) is 2.27. The van der Waals surface area contributed by atoms with E-state index in [1.165, 1.54) is 31.5 Å². The second-order valence-corrected chi connectivity index (χ2v) is 6.37. The van der Waals surface area contributed by atoms with Crippen LogP contribution in [0.25, 0.3) is 10.9 Å². The van der Waals surface area contributed by atoms with Crippen LogP contribution in [-0.2, 0) is 0 Å². The van der Waals surface area contributed by atoms with Crippen molar-refractivity contribution in [3.63, 3.8) is 0 Å². The van der Waals surface area contributed by atoms with Crippen LogP contribution in [0.15, 0.2) is 30.3 Å². The Balaban J connectivity index is 1.69. The third-order valence-electron chi connectivity index (χ3n) is 5.00. The molecule has 1 aromatic heterocycles. The van der Waals surface area contributed by atoms with E-state index in [-0.39, 0.29) is 5.82 Å². The lowest BCUT2D eigenvalue weighted by Crippen LogP contribution is -2.46. The Bertz CT molecular complexity index is 672. The van der Waals surface area contributed by atoms with E-state index in [4.69, 9.17) is 4.98 Å². The lowest BCUT2D eigenvalue weighted by atomic mass is 9.92. The number of hydrogen-bond donors (Lipinski definition) is 0. The van der Waals surface area contributed by atoms with Crippen LogP contribution in [0.5, 0.6) is 0 Å². The summed E-state index contributed by atoms with van der Waals surface area (Å²) in [4.78, 5) is 9.53. The fourth-order valence-electron chi connectivity index (χ4n) is 3.82. The number of fused-ring (bicyclic) bond motifs is 2. The summed E-state index contributed by atoms with van der Waals surface area (Å²) in [7, 11) is 2.19. The molecule has 0 aliphatic carbocycles. The maximum Gasteiger partial charge on any atom is 0.129 e. The van der Waals surface area contributed by atoms with Crippen molar-refractivity contribution in [3.05, 3.63) is 36.1 Å². The van der Waals surface area contributed by atoms with E-state index in [0.29, 0.717) is 6.04 Å². The molecule has 110 valence electrons. The molecule has 21 heavy (non-hydrogen) atoms. The van der Waals surface area contributed by atoms with Gasteiger partial charge in [-0.15, -0.1) is 0 Å². The van der Waals surface area contributed by atoms with Gasteiger partial charge in [0, 0.05) is 30.6 Å². The fourth-order valence-corrected chi connectivity index (χ4v) is 3.82. The molecule has 2 aromatic rings. The van der Waals surface area contributed by atoms with Gasteiger partial charge in [0.25, 0.3) is 0 Å². The van der Waals surface area contributed by atoms with Crippen LogP contribution in [0.3, 0.4) is 0 Å². The van der Waals surface area contributed by atoms with Gasteiger partial charge in [0.2, 0.25) is 0 Å². The van der Waals surface area contributed by atoms with Gasteiger partial charge in [0.15, 0.2) is 0 Å². The maximum absolute atomic E-state index is 13.4. The summed E-state index contributed by atoms with van der Waals surface area (Å²) in [5.41, 5.74) is 0.750. The van der Waals surface area contributed by atoms with Gasteiger partial charge in [-0.3, -0.25) is 0 Å². The lowest BCUT2D eigenvalue weighted by molar-refractivity contribution is 0.208. The Morgan fingerprint density at radius 2 is 1.95 bits per heavy atom. The average Bonchev–Trinajstić information content (AvgIpc) is 2.89. The minimum Gasteiger partial charge on any atom is -0.352 e. The quantitative estimate of drug-likeness (QED) is 0.803. The van der Waals surface area contributed by atoms with Crippen molar-refractivity contribution in [2.45, 2.75) is 18.9 Å². The largest absolute Gasteiger partial charge is 0.352 e. The number of hydrogen-bond acceptors (Lipinski definition) is 3. The maximum atomic E-state index is 13.4. The molecular formula is C17H20FN3. The van der Waals surface area contributed by atoms with Gasteiger partial charge in [0.05, 0.1) is 5.52 Å². The van der Waals surface area contributed by atoms with Crippen LogP contribution in [-0.4, -0.2) is 42.6 Å². The Kier molecular flexibility index (Phi) is 3.07. The molecule has 2 atom stereocenters. The van der Waals surface area contributed by atoms with Crippen LogP contribution in [0.1, 0.15) is 12.8 Å². The van der Waals surface area contributed by atoms with E-state index in [0.717, 1.165) is 35.7 Å². The normalized spacial score (nSPS) is 26.3. The van der Waals surface area contributed by atoms with Gasteiger partial charge in [-0.25, -0.2) is 9.37 Å². The molecule has 2 aliphatic heterocycles. The number of halogens is 1. The van der Waals surface area contributed by atoms with Gasteiger partial charge >= 0.3 is 0 Å². The predicted molar refractivity (Wildman–Crippen MR) is 83.1 cm³/mol. The van der Waals surface area contributed by atoms with E-state index in [1.54, 1.807) is 6.07 Å². The van der Waals surface area contributed by atoms with Crippen LogP contribution in [0, 0.1) is 11.7 Å². The zero-order chi connectivity index (χ0) is 14.4. The molecular weight excluding hydrogens is 265 g/mol. The lowest BCUT2D eigenvalue weighted by Gasteiger charge is -2.37. The fraction of sp³-hybridized carbons (Fsp3) is 0.471. The average molecular weight is 285 g/mol. The van der Waals surface area contributed by atoms with Crippen molar-refractivity contribution >= 4 is 16.7 Å². The minimum atomic E-state index is -0.219. The highest BCUT2D eigenvalue weighted by molar-refractivity contribution is 5.80. The van der Waals surface area contributed by atoms with E-state index < -0.39 is 0 Å². The summed E-state index contributed by atoms with van der Waals surface area (Å²) in [5, 5.41) is 0.997.